The van der Waals surface area contributed by atoms with E-state index in [4.69, 9.17) is 5.11 Å². The summed E-state index contributed by atoms with van der Waals surface area (Å²) in [5, 5.41) is 9.98. The molecule has 1 amide bonds. The number of rotatable bonds is 3. The average molecular weight is 285 g/mol. The van der Waals surface area contributed by atoms with Crippen LogP contribution in [0.5, 0.6) is 0 Å². The van der Waals surface area contributed by atoms with Gasteiger partial charge in [0.25, 0.3) is 5.91 Å². The highest BCUT2D eigenvalue weighted by Crippen LogP contribution is 2.14. The molecule has 1 aliphatic heterocycles. The van der Waals surface area contributed by atoms with Crippen LogP contribution >= 0.6 is 0 Å². The zero-order chi connectivity index (χ0) is 14.7. The van der Waals surface area contributed by atoms with E-state index < -0.39 is 0 Å². The molecule has 21 heavy (non-hydrogen) atoms. The smallest absolute Gasteiger partial charge is 0.272 e. The number of hydrogen-bond donors (Lipinski definition) is 1. The number of carbonyl (C=O) groups excluding carboxylic acids is 1. The number of benzene rings is 1. The van der Waals surface area contributed by atoms with Gasteiger partial charge in [0.15, 0.2) is 0 Å². The van der Waals surface area contributed by atoms with Crippen molar-refractivity contribution < 1.29 is 9.90 Å². The second-order valence-corrected chi connectivity index (χ2v) is 5.25. The number of fused-ring (bicyclic) bond motifs is 1. The largest absolute Gasteiger partial charge is 0.395 e. The third kappa shape index (κ3) is 3.04. The van der Waals surface area contributed by atoms with Crippen molar-refractivity contribution in [3.63, 3.8) is 0 Å². The molecular weight excluding hydrogens is 266 g/mol. The Morgan fingerprint density at radius 3 is 2.62 bits per heavy atom. The SMILES string of the molecule is O=C(c1ccc2ccccc2n1)N1CCN(CCO)CC1. The van der Waals surface area contributed by atoms with E-state index >= 15 is 0 Å². The molecule has 5 heteroatoms. The summed E-state index contributed by atoms with van der Waals surface area (Å²) in [5.74, 6) is -0.00981. The molecule has 1 aromatic carbocycles. The number of nitrogens with zero attached hydrogens (tertiary/aromatic N) is 3. The number of pyridine rings is 1. The molecule has 1 N–H and O–H groups in total. The lowest BCUT2D eigenvalue weighted by molar-refractivity contribution is 0.0610. The highest BCUT2D eigenvalue weighted by molar-refractivity contribution is 5.95. The molecular formula is C16H19N3O2. The van der Waals surface area contributed by atoms with Gasteiger partial charge in [-0.15, -0.1) is 0 Å². The van der Waals surface area contributed by atoms with Gasteiger partial charge in [-0.2, -0.15) is 0 Å². The Bertz CT molecular complexity index is 636. The van der Waals surface area contributed by atoms with Crippen molar-refractivity contribution in [2.45, 2.75) is 0 Å². The van der Waals surface area contributed by atoms with Crippen molar-refractivity contribution in [3.8, 4) is 0 Å². The predicted molar refractivity (Wildman–Crippen MR) is 81.2 cm³/mol. The van der Waals surface area contributed by atoms with Crippen molar-refractivity contribution in [2.75, 3.05) is 39.3 Å². The summed E-state index contributed by atoms with van der Waals surface area (Å²) >= 11 is 0. The van der Waals surface area contributed by atoms with E-state index in [-0.39, 0.29) is 12.5 Å². The molecule has 0 saturated carbocycles. The van der Waals surface area contributed by atoms with Gasteiger partial charge in [0.05, 0.1) is 12.1 Å². The van der Waals surface area contributed by atoms with E-state index in [9.17, 15) is 4.79 Å². The molecule has 1 aliphatic rings. The van der Waals surface area contributed by atoms with Crippen molar-refractivity contribution in [3.05, 3.63) is 42.1 Å². The minimum atomic E-state index is -0.00981. The third-order valence-corrected chi connectivity index (χ3v) is 3.89. The zero-order valence-corrected chi connectivity index (χ0v) is 11.9. The highest BCUT2D eigenvalue weighted by atomic mass is 16.3. The standard InChI is InChI=1S/C16H19N3O2/c20-12-11-18-7-9-19(10-8-18)16(21)15-6-5-13-3-1-2-4-14(13)17-15/h1-6,20H,7-12H2. The molecule has 1 saturated heterocycles. The molecule has 0 unspecified atom stereocenters. The molecule has 3 rings (SSSR count). The lowest BCUT2D eigenvalue weighted by Crippen LogP contribution is -2.49. The van der Waals surface area contributed by atoms with Gasteiger partial charge in [-0.1, -0.05) is 24.3 Å². The van der Waals surface area contributed by atoms with Crippen LogP contribution in [0.15, 0.2) is 36.4 Å². The van der Waals surface area contributed by atoms with E-state index in [0.29, 0.717) is 25.3 Å². The van der Waals surface area contributed by atoms with E-state index in [1.807, 2.05) is 35.2 Å². The minimum absolute atomic E-state index is 0.00981. The van der Waals surface area contributed by atoms with Gasteiger partial charge in [0, 0.05) is 38.1 Å². The summed E-state index contributed by atoms with van der Waals surface area (Å²) in [6.07, 6.45) is 0. The molecule has 2 heterocycles. The van der Waals surface area contributed by atoms with Crippen LogP contribution in [0.25, 0.3) is 10.9 Å². The number of aliphatic hydroxyl groups excluding tert-OH is 1. The van der Waals surface area contributed by atoms with Crippen LogP contribution in [0.1, 0.15) is 10.5 Å². The van der Waals surface area contributed by atoms with E-state index in [2.05, 4.69) is 9.88 Å². The fourth-order valence-electron chi connectivity index (χ4n) is 2.66. The first-order valence-corrected chi connectivity index (χ1v) is 7.26. The number of β-amino-alcohol motifs (C(OH)–C–C–N with tert-alkyl or cyclic N) is 1. The Labute approximate surface area is 123 Å². The molecule has 1 aromatic heterocycles. The molecule has 0 radical (unpaired) electrons. The Kier molecular flexibility index (Phi) is 4.13. The van der Waals surface area contributed by atoms with E-state index in [1.165, 1.54) is 0 Å². The van der Waals surface area contributed by atoms with Gasteiger partial charge < -0.3 is 10.0 Å². The number of aromatic nitrogens is 1. The molecule has 5 nitrogen and oxygen atoms in total. The first-order chi connectivity index (χ1) is 10.3. The Hall–Kier alpha value is -1.98. The number of para-hydroxylation sites is 1. The van der Waals surface area contributed by atoms with Crippen LogP contribution in [0.2, 0.25) is 0 Å². The normalized spacial score (nSPS) is 16.3. The van der Waals surface area contributed by atoms with Gasteiger partial charge in [-0.25, -0.2) is 4.98 Å². The first-order valence-electron chi connectivity index (χ1n) is 7.26. The number of hydrogen-bond acceptors (Lipinski definition) is 4. The molecule has 0 bridgehead atoms. The topological polar surface area (TPSA) is 56.7 Å². The molecule has 110 valence electrons. The predicted octanol–water partition coefficient (Wildman–Crippen LogP) is 0.985. The molecule has 0 atom stereocenters. The minimum Gasteiger partial charge on any atom is -0.395 e. The second-order valence-electron chi connectivity index (χ2n) is 5.25. The lowest BCUT2D eigenvalue weighted by Gasteiger charge is -2.34. The third-order valence-electron chi connectivity index (χ3n) is 3.89. The van der Waals surface area contributed by atoms with Gasteiger partial charge in [-0.05, 0) is 12.1 Å². The van der Waals surface area contributed by atoms with Crippen LogP contribution < -0.4 is 0 Å². The summed E-state index contributed by atoms with van der Waals surface area (Å²) < 4.78 is 0. The van der Waals surface area contributed by atoms with Gasteiger partial charge in [0.2, 0.25) is 0 Å². The van der Waals surface area contributed by atoms with Crippen LogP contribution in [-0.2, 0) is 0 Å². The van der Waals surface area contributed by atoms with Gasteiger partial charge in [0.1, 0.15) is 5.69 Å². The average Bonchev–Trinajstić information content (AvgIpc) is 2.55. The Morgan fingerprint density at radius 1 is 1.10 bits per heavy atom. The second kappa shape index (κ2) is 6.20. The van der Waals surface area contributed by atoms with Gasteiger partial charge >= 0.3 is 0 Å². The van der Waals surface area contributed by atoms with Crippen LogP contribution in [-0.4, -0.2) is 65.1 Å². The Balaban J connectivity index is 1.72. The maximum absolute atomic E-state index is 12.5. The zero-order valence-electron chi connectivity index (χ0n) is 11.9. The highest BCUT2D eigenvalue weighted by Gasteiger charge is 2.22. The van der Waals surface area contributed by atoms with Crippen molar-refractivity contribution in [2.24, 2.45) is 0 Å². The van der Waals surface area contributed by atoms with Crippen LogP contribution in [0.3, 0.4) is 0 Å². The quantitative estimate of drug-likeness (QED) is 0.913. The van der Waals surface area contributed by atoms with E-state index in [0.717, 1.165) is 24.0 Å². The maximum atomic E-state index is 12.5. The number of aliphatic hydroxyl groups is 1. The number of carbonyl (C=O) groups is 1. The van der Waals surface area contributed by atoms with Crippen molar-refractivity contribution in [1.82, 2.24) is 14.8 Å². The summed E-state index contributed by atoms with van der Waals surface area (Å²) in [7, 11) is 0. The van der Waals surface area contributed by atoms with Crippen molar-refractivity contribution in [1.29, 1.82) is 0 Å². The summed E-state index contributed by atoms with van der Waals surface area (Å²) in [5.41, 5.74) is 1.35. The monoisotopic (exact) mass is 285 g/mol. The van der Waals surface area contributed by atoms with Gasteiger partial charge in [-0.3, -0.25) is 9.69 Å². The maximum Gasteiger partial charge on any atom is 0.272 e. The van der Waals surface area contributed by atoms with Crippen LogP contribution in [0.4, 0.5) is 0 Å². The Morgan fingerprint density at radius 2 is 1.86 bits per heavy atom. The first kappa shape index (κ1) is 14.0. The number of piperazine rings is 1. The molecule has 2 aromatic rings. The summed E-state index contributed by atoms with van der Waals surface area (Å²) in [4.78, 5) is 21.0. The summed E-state index contributed by atoms with van der Waals surface area (Å²) in [6.45, 7) is 3.83. The fraction of sp³-hybridized carbons (Fsp3) is 0.375. The molecule has 0 aliphatic carbocycles. The van der Waals surface area contributed by atoms with Crippen LogP contribution in [0, 0.1) is 0 Å². The summed E-state index contributed by atoms with van der Waals surface area (Å²) in [6, 6.07) is 11.5. The van der Waals surface area contributed by atoms with E-state index in [1.54, 1.807) is 6.07 Å². The van der Waals surface area contributed by atoms with Crippen molar-refractivity contribution >= 4 is 16.8 Å². The fourth-order valence-corrected chi connectivity index (χ4v) is 2.66. The molecule has 0 spiro atoms. The molecule has 1 fully saturated rings. The number of amides is 1. The lowest BCUT2D eigenvalue weighted by atomic mass is 10.2.